The molecule has 0 fully saturated rings. The molecule has 2 aromatic rings. The van der Waals surface area contributed by atoms with Crippen molar-refractivity contribution in [1.29, 1.82) is 0 Å². The Balaban J connectivity index is 2.31. The van der Waals surface area contributed by atoms with Crippen LogP contribution in [0.4, 0.5) is 0 Å². The molecule has 2 rings (SSSR count). The monoisotopic (exact) mass is 558 g/mol. The van der Waals surface area contributed by atoms with Crippen LogP contribution in [-0.4, -0.2) is 80.4 Å². The Morgan fingerprint density at radius 3 is 1.77 bits per heavy atom. The summed E-state index contributed by atoms with van der Waals surface area (Å²) >= 11 is 0. The third-order valence-electron chi connectivity index (χ3n) is 5.98. The lowest BCUT2D eigenvalue weighted by molar-refractivity contribution is -0.145. The van der Waals surface area contributed by atoms with Crippen molar-refractivity contribution >= 4 is 29.7 Å². The first-order chi connectivity index (χ1) is 18.9. The summed E-state index contributed by atoms with van der Waals surface area (Å²) in [5.41, 5.74) is 7.00. The molecule has 0 aliphatic rings. The number of aliphatic hydroxyl groups is 1. The van der Waals surface area contributed by atoms with E-state index in [1.165, 1.54) is 31.2 Å². The van der Waals surface area contributed by atoms with Gasteiger partial charge in [-0.15, -0.1) is 0 Å². The number of aliphatic hydroxyl groups excluding tert-OH is 1. The molecule has 5 atom stereocenters. The normalized spacial score (nSPS) is 14.6. The minimum absolute atomic E-state index is 0.00301. The van der Waals surface area contributed by atoms with Crippen molar-refractivity contribution in [2.45, 2.75) is 62.9 Å². The first-order valence-electron chi connectivity index (χ1n) is 12.5. The number of amides is 3. The van der Waals surface area contributed by atoms with Crippen LogP contribution in [0.25, 0.3) is 0 Å². The van der Waals surface area contributed by atoms with Gasteiger partial charge in [0.1, 0.15) is 17.8 Å². The lowest BCUT2D eigenvalue weighted by Gasteiger charge is -2.26. The maximum Gasteiger partial charge on any atom is 0.328 e. The second-order valence-electron chi connectivity index (χ2n) is 9.29. The highest BCUT2D eigenvalue weighted by Crippen LogP contribution is 2.13. The SMILES string of the molecule is CC(O)C(NC(=O)C(Cc1ccc(O)cc1)NC(=O)C(Cc1ccccc1)NC(=O)C(N)CCC(=O)O)C(=O)O. The van der Waals surface area contributed by atoms with E-state index >= 15 is 0 Å². The molecule has 0 aliphatic heterocycles. The molecule has 0 heterocycles. The fourth-order valence-electron chi connectivity index (χ4n) is 3.74. The summed E-state index contributed by atoms with van der Waals surface area (Å²) in [5, 5.41) is 44.9. The van der Waals surface area contributed by atoms with E-state index in [1.807, 2.05) is 0 Å². The number of nitrogens with one attached hydrogen (secondary N) is 3. The summed E-state index contributed by atoms with van der Waals surface area (Å²) in [6, 6.07) is 9.00. The van der Waals surface area contributed by atoms with Crippen LogP contribution in [0, 0.1) is 0 Å². The molecule has 0 saturated heterocycles. The van der Waals surface area contributed by atoms with Crippen molar-refractivity contribution in [3.05, 3.63) is 65.7 Å². The molecule has 2 aromatic carbocycles. The van der Waals surface area contributed by atoms with Crippen LogP contribution in [0.5, 0.6) is 5.75 Å². The van der Waals surface area contributed by atoms with Crippen molar-refractivity contribution in [2.24, 2.45) is 5.73 Å². The zero-order chi connectivity index (χ0) is 29.8. The van der Waals surface area contributed by atoms with Gasteiger partial charge in [-0.05, 0) is 36.6 Å². The van der Waals surface area contributed by atoms with Gasteiger partial charge in [-0.25, -0.2) is 4.79 Å². The Bertz CT molecular complexity index is 1170. The predicted octanol–water partition coefficient (Wildman–Crippen LogP) is -0.711. The molecule has 0 bridgehead atoms. The van der Waals surface area contributed by atoms with Gasteiger partial charge in [0.15, 0.2) is 6.04 Å². The second kappa shape index (κ2) is 15.2. The number of carbonyl (C=O) groups excluding carboxylic acids is 3. The number of carbonyl (C=O) groups is 5. The molecule has 0 aliphatic carbocycles. The van der Waals surface area contributed by atoms with Crippen LogP contribution in [0.3, 0.4) is 0 Å². The number of aliphatic carboxylic acids is 2. The topological polar surface area (TPSA) is 228 Å². The molecular formula is C27H34N4O9. The Morgan fingerprint density at radius 2 is 1.27 bits per heavy atom. The van der Waals surface area contributed by atoms with Gasteiger partial charge in [0.05, 0.1) is 12.1 Å². The van der Waals surface area contributed by atoms with E-state index in [4.69, 9.17) is 10.8 Å². The van der Waals surface area contributed by atoms with E-state index in [0.717, 1.165) is 0 Å². The first kappa shape index (κ1) is 31.7. The van der Waals surface area contributed by atoms with Gasteiger partial charge in [-0.3, -0.25) is 19.2 Å². The largest absolute Gasteiger partial charge is 0.508 e. The third-order valence-corrected chi connectivity index (χ3v) is 5.98. The summed E-state index contributed by atoms with van der Waals surface area (Å²) in [4.78, 5) is 61.6. The summed E-state index contributed by atoms with van der Waals surface area (Å²) in [6.07, 6.45) is -2.07. The maximum atomic E-state index is 13.4. The fraction of sp³-hybridized carbons (Fsp3) is 0.370. The van der Waals surface area contributed by atoms with Gasteiger partial charge in [0.25, 0.3) is 0 Å². The van der Waals surface area contributed by atoms with Crippen molar-refractivity contribution in [1.82, 2.24) is 16.0 Å². The molecule has 0 saturated carbocycles. The average Bonchev–Trinajstić information content (AvgIpc) is 2.90. The lowest BCUT2D eigenvalue weighted by atomic mass is 10.0. The van der Waals surface area contributed by atoms with E-state index < -0.39 is 59.9 Å². The van der Waals surface area contributed by atoms with Gasteiger partial charge in [0, 0.05) is 19.3 Å². The van der Waals surface area contributed by atoms with Crippen LogP contribution in [0.15, 0.2) is 54.6 Å². The van der Waals surface area contributed by atoms with E-state index in [9.17, 15) is 39.3 Å². The molecular weight excluding hydrogens is 524 g/mol. The Hall–Kier alpha value is -4.49. The van der Waals surface area contributed by atoms with Gasteiger partial charge in [-0.1, -0.05) is 42.5 Å². The quantitative estimate of drug-likeness (QED) is 0.137. The minimum Gasteiger partial charge on any atom is -0.508 e. The molecule has 216 valence electrons. The standard InChI is InChI=1S/C27H34N4O9/c1-15(32)23(27(39)40)31-26(38)21(14-17-7-9-18(33)10-8-17)30-25(37)20(13-16-5-3-2-4-6-16)29-24(36)19(28)11-12-22(34)35/h2-10,15,19-21,23,32-33H,11-14,28H2,1H3,(H,29,36)(H,30,37)(H,31,38)(H,34,35)(H,39,40). The van der Waals surface area contributed by atoms with Crippen LogP contribution < -0.4 is 21.7 Å². The van der Waals surface area contributed by atoms with E-state index in [-0.39, 0.29) is 31.4 Å². The van der Waals surface area contributed by atoms with Crippen molar-refractivity contribution in [3.8, 4) is 5.75 Å². The minimum atomic E-state index is -1.65. The predicted molar refractivity (Wildman–Crippen MR) is 142 cm³/mol. The van der Waals surface area contributed by atoms with Gasteiger partial charge in [0.2, 0.25) is 17.7 Å². The molecule has 3 amide bonds. The number of hydrogen-bond donors (Lipinski definition) is 8. The third kappa shape index (κ3) is 10.3. The van der Waals surface area contributed by atoms with Crippen LogP contribution >= 0.6 is 0 Å². The Kier molecular flexibility index (Phi) is 12.0. The molecule has 9 N–H and O–H groups in total. The maximum absolute atomic E-state index is 13.4. The number of benzene rings is 2. The molecule has 0 aromatic heterocycles. The fourth-order valence-corrected chi connectivity index (χ4v) is 3.74. The van der Waals surface area contributed by atoms with Crippen LogP contribution in [0.1, 0.15) is 30.9 Å². The summed E-state index contributed by atoms with van der Waals surface area (Å²) < 4.78 is 0. The molecule has 0 spiro atoms. The summed E-state index contributed by atoms with van der Waals surface area (Å²) in [7, 11) is 0. The second-order valence-corrected chi connectivity index (χ2v) is 9.29. The first-order valence-corrected chi connectivity index (χ1v) is 12.5. The number of carboxylic acid groups (broad SMARTS) is 2. The molecule has 0 radical (unpaired) electrons. The lowest BCUT2D eigenvalue weighted by Crippen LogP contribution is -2.59. The zero-order valence-corrected chi connectivity index (χ0v) is 21.8. The number of aromatic hydroxyl groups is 1. The number of phenolic OH excluding ortho intramolecular Hbond substituents is 1. The number of rotatable bonds is 15. The molecule has 13 nitrogen and oxygen atoms in total. The number of carboxylic acids is 2. The van der Waals surface area contributed by atoms with Crippen molar-refractivity contribution in [3.63, 3.8) is 0 Å². The van der Waals surface area contributed by atoms with Gasteiger partial charge < -0.3 is 42.1 Å². The van der Waals surface area contributed by atoms with E-state index in [2.05, 4.69) is 16.0 Å². The number of hydrogen-bond acceptors (Lipinski definition) is 8. The smallest absolute Gasteiger partial charge is 0.328 e. The summed E-state index contributed by atoms with van der Waals surface area (Å²) in [5.74, 6) is -5.11. The Morgan fingerprint density at radius 1 is 0.775 bits per heavy atom. The highest BCUT2D eigenvalue weighted by atomic mass is 16.4. The molecule has 40 heavy (non-hydrogen) atoms. The van der Waals surface area contributed by atoms with Crippen LogP contribution in [-0.2, 0) is 36.8 Å². The van der Waals surface area contributed by atoms with Crippen molar-refractivity contribution in [2.75, 3.05) is 0 Å². The number of nitrogens with two attached hydrogens (primary N) is 1. The molecule has 13 heteroatoms. The van der Waals surface area contributed by atoms with E-state index in [0.29, 0.717) is 11.1 Å². The van der Waals surface area contributed by atoms with Gasteiger partial charge >= 0.3 is 11.9 Å². The Labute approximate surface area is 230 Å². The summed E-state index contributed by atoms with van der Waals surface area (Å²) in [6.45, 7) is 1.19. The number of phenols is 1. The van der Waals surface area contributed by atoms with Crippen LogP contribution in [0.2, 0.25) is 0 Å². The zero-order valence-electron chi connectivity index (χ0n) is 21.8. The highest BCUT2D eigenvalue weighted by molar-refractivity contribution is 5.94. The van der Waals surface area contributed by atoms with E-state index in [1.54, 1.807) is 30.3 Å². The van der Waals surface area contributed by atoms with Crippen molar-refractivity contribution < 1.29 is 44.4 Å². The average molecular weight is 559 g/mol. The highest BCUT2D eigenvalue weighted by Gasteiger charge is 2.32. The van der Waals surface area contributed by atoms with Gasteiger partial charge in [-0.2, -0.15) is 0 Å². The molecule has 5 unspecified atom stereocenters.